The zero-order valence-corrected chi connectivity index (χ0v) is 15.0. The smallest absolute Gasteiger partial charge is 0.261 e. The Balaban J connectivity index is 1.74. The number of benzene rings is 1. The third-order valence-corrected chi connectivity index (χ3v) is 4.98. The number of carbonyl (C=O) groups is 2. The van der Waals surface area contributed by atoms with Gasteiger partial charge in [0, 0.05) is 24.4 Å². The van der Waals surface area contributed by atoms with Crippen LogP contribution in [0.2, 0.25) is 0 Å². The molecule has 0 bridgehead atoms. The van der Waals surface area contributed by atoms with Gasteiger partial charge in [0.2, 0.25) is 5.91 Å². The fourth-order valence-corrected chi connectivity index (χ4v) is 3.73. The normalized spacial score (nSPS) is 24.7. The van der Waals surface area contributed by atoms with E-state index in [9.17, 15) is 9.59 Å². The number of hydrogen-bond donors (Lipinski definition) is 3. The topological polar surface area (TPSA) is 100 Å². The monoisotopic (exact) mass is 373 g/mol. The first kappa shape index (κ1) is 18.0. The number of amides is 2. The van der Waals surface area contributed by atoms with Crippen LogP contribution < -0.4 is 15.5 Å². The van der Waals surface area contributed by atoms with Gasteiger partial charge in [-0.25, -0.2) is 0 Å². The van der Waals surface area contributed by atoms with Gasteiger partial charge in [0.15, 0.2) is 0 Å². The molecular formula is C19H23N3O5. The molecule has 3 N–H and O–H groups in total. The van der Waals surface area contributed by atoms with Gasteiger partial charge in [-0.15, -0.1) is 0 Å². The molecule has 3 aliphatic rings. The van der Waals surface area contributed by atoms with Crippen LogP contribution in [-0.2, 0) is 19.1 Å². The standard InChI is InChI=1S/C19H23N3O5/c23-6-3-17(24)21-12-1-2-16-14(9-12)18(15-11-27-8-5-20-15)19(25)22(16)13-4-7-26-10-13/h1-2,9,13,20,23H,3-8,10-11H2,(H,21,24)/b18-15-. The molecule has 27 heavy (non-hydrogen) atoms. The number of nitrogens with one attached hydrogen (secondary N) is 2. The molecule has 8 nitrogen and oxygen atoms in total. The number of morpholine rings is 1. The Morgan fingerprint density at radius 3 is 2.93 bits per heavy atom. The largest absolute Gasteiger partial charge is 0.396 e. The van der Waals surface area contributed by atoms with E-state index in [1.54, 1.807) is 11.0 Å². The number of anilines is 2. The quantitative estimate of drug-likeness (QED) is 0.664. The van der Waals surface area contributed by atoms with Gasteiger partial charge in [0.25, 0.3) is 5.91 Å². The SMILES string of the molecule is O=C(CCO)Nc1ccc2c(c1)/C(=C1\COCCN1)C(=O)N2C1CCOC1. The van der Waals surface area contributed by atoms with Crippen LogP contribution >= 0.6 is 0 Å². The van der Waals surface area contributed by atoms with E-state index in [1.807, 2.05) is 12.1 Å². The van der Waals surface area contributed by atoms with Crippen LogP contribution in [0.5, 0.6) is 0 Å². The van der Waals surface area contributed by atoms with E-state index in [0.717, 1.165) is 23.4 Å². The summed E-state index contributed by atoms with van der Waals surface area (Å²) in [5.41, 5.74) is 3.56. The predicted molar refractivity (Wildman–Crippen MR) is 99.2 cm³/mol. The van der Waals surface area contributed by atoms with E-state index in [0.29, 0.717) is 44.2 Å². The van der Waals surface area contributed by atoms with Crippen LogP contribution in [0.25, 0.3) is 5.57 Å². The Hall–Kier alpha value is -2.42. The lowest BCUT2D eigenvalue weighted by Gasteiger charge is -2.24. The number of nitrogens with zero attached hydrogens (tertiary/aromatic N) is 1. The third kappa shape index (κ3) is 3.43. The Bertz CT molecular complexity index is 778. The average Bonchev–Trinajstić information content (AvgIpc) is 3.27. The van der Waals surface area contributed by atoms with E-state index < -0.39 is 0 Å². The molecule has 1 aromatic carbocycles. The summed E-state index contributed by atoms with van der Waals surface area (Å²) in [6.07, 6.45) is 0.831. The molecule has 8 heteroatoms. The molecule has 1 atom stereocenters. The Kier molecular flexibility index (Phi) is 5.11. The second-order valence-corrected chi connectivity index (χ2v) is 6.78. The van der Waals surface area contributed by atoms with Crippen molar-refractivity contribution in [1.82, 2.24) is 5.32 Å². The van der Waals surface area contributed by atoms with Crippen molar-refractivity contribution in [1.29, 1.82) is 0 Å². The van der Waals surface area contributed by atoms with E-state index in [2.05, 4.69) is 10.6 Å². The minimum atomic E-state index is -0.267. The fourth-order valence-electron chi connectivity index (χ4n) is 3.73. The molecule has 2 fully saturated rings. The number of carbonyl (C=O) groups excluding carboxylic acids is 2. The van der Waals surface area contributed by atoms with Gasteiger partial charge >= 0.3 is 0 Å². The zero-order chi connectivity index (χ0) is 18.8. The number of rotatable bonds is 4. The Morgan fingerprint density at radius 1 is 1.33 bits per heavy atom. The van der Waals surface area contributed by atoms with Gasteiger partial charge < -0.3 is 30.1 Å². The Morgan fingerprint density at radius 2 is 2.22 bits per heavy atom. The van der Waals surface area contributed by atoms with Gasteiger partial charge in [-0.05, 0) is 24.6 Å². The predicted octanol–water partition coefficient (Wildman–Crippen LogP) is 0.474. The molecule has 0 saturated carbocycles. The van der Waals surface area contributed by atoms with Crippen molar-refractivity contribution in [2.45, 2.75) is 18.9 Å². The van der Waals surface area contributed by atoms with Crippen LogP contribution in [-0.4, -0.2) is 62.5 Å². The summed E-state index contributed by atoms with van der Waals surface area (Å²) in [6, 6.07) is 5.46. The maximum Gasteiger partial charge on any atom is 0.261 e. The van der Waals surface area contributed by atoms with Gasteiger partial charge in [-0.2, -0.15) is 0 Å². The lowest BCUT2D eigenvalue weighted by Crippen LogP contribution is -2.39. The van der Waals surface area contributed by atoms with E-state index in [4.69, 9.17) is 14.6 Å². The molecule has 0 radical (unpaired) electrons. The maximum absolute atomic E-state index is 13.3. The zero-order valence-electron chi connectivity index (χ0n) is 15.0. The number of aliphatic hydroxyl groups excluding tert-OH is 1. The molecule has 1 unspecified atom stereocenters. The number of fused-ring (bicyclic) bond motifs is 1. The summed E-state index contributed by atoms with van der Waals surface area (Å²) in [4.78, 5) is 26.9. The van der Waals surface area contributed by atoms with Gasteiger partial charge in [0.05, 0.1) is 55.8 Å². The van der Waals surface area contributed by atoms with Gasteiger partial charge in [0.1, 0.15) is 0 Å². The summed E-state index contributed by atoms with van der Waals surface area (Å²) in [7, 11) is 0. The lowest BCUT2D eigenvalue weighted by atomic mass is 10.0. The molecule has 2 saturated heterocycles. The van der Waals surface area contributed by atoms with Gasteiger partial charge in [-0.3, -0.25) is 9.59 Å². The molecule has 4 rings (SSSR count). The second kappa shape index (κ2) is 7.67. The van der Waals surface area contributed by atoms with Crippen molar-refractivity contribution < 1.29 is 24.2 Å². The average molecular weight is 373 g/mol. The highest BCUT2D eigenvalue weighted by atomic mass is 16.5. The van der Waals surface area contributed by atoms with Crippen molar-refractivity contribution in [3.63, 3.8) is 0 Å². The fraction of sp³-hybridized carbons (Fsp3) is 0.474. The number of hydrogen-bond acceptors (Lipinski definition) is 6. The van der Waals surface area contributed by atoms with Crippen molar-refractivity contribution in [2.75, 3.05) is 49.8 Å². The lowest BCUT2D eigenvalue weighted by molar-refractivity contribution is -0.117. The molecule has 1 aromatic rings. The first-order valence-electron chi connectivity index (χ1n) is 9.20. The molecule has 0 aromatic heterocycles. The molecule has 0 aliphatic carbocycles. The molecule has 2 amide bonds. The van der Waals surface area contributed by atoms with E-state index in [1.165, 1.54) is 0 Å². The molecular weight excluding hydrogens is 350 g/mol. The van der Waals surface area contributed by atoms with Crippen LogP contribution in [0.4, 0.5) is 11.4 Å². The minimum Gasteiger partial charge on any atom is -0.396 e. The van der Waals surface area contributed by atoms with Crippen LogP contribution in [0.3, 0.4) is 0 Å². The minimum absolute atomic E-state index is 0.00805. The molecule has 3 aliphatic heterocycles. The van der Waals surface area contributed by atoms with Crippen molar-refractivity contribution in [3.05, 3.63) is 29.5 Å². The van der Waals surface area contributed by atoms with Crippen molar-refractivity contribution in [2.24, 2.45) is 0 Å². The molecule has 0 spiro atoms. The summed E-state index contributed by atoms with van der Waals surface area (Å²) in [5, 5.41) is 15.0. The third-order valence-electron chi connectivity index (χ3n) is 4.98. The van der Waals surface area contributed by atoms with Crippen LogP contribution in [0, 0.1) is 0 Å². The van der Waals surface area contributed by atoms with Crippen molar-refractivity contribution in [3.8, 4) is 0 Å². The van der Waals surface area contributed by atoms with Crippen molar-refractivity contribution >= 4 is 28.8 Å². The van der Waals surface area contributed by atoms with Crippen LogP contribution in [0.15, 0.2) is 23.9 Å². The Labute approximate surface area is 157 Å². The highest BCUT2D eigenvalue weighted by molar-refractivity contribution is 6.33. The summed E-state index contributed by atoms with van der Waals surface area (Å²) >= 11 is 0. The van der Waals surface area contributed by atoms with E-state index in [-0.39, 0.29) is 30.9 Å². The first-order chi connectivity index (χ1) is 13.2. The van der Waals surface area contributed by atoms with Gasteiger partial charge in [-0.1, -0.05) is 0 Å². The summed E-state index contributed by atoms with van der Waals surface area (Å²) in [6.45, 7) is 2.58. The highest BCUT2D eigenvalue weighted by Crippen LogP contribution is 2.42. The highest BCUT2D eigenvalue weighted by Gasteiger charge is 2.40. The summed E-state index contributed by atoms with van der Waals surface area (Å²) in [5.74, 6) is -0.330. The van der Waals surface area contributed by atoms with Crippen LogP contribution in [0.1, 0.15) is 18.4 Å². The maximum atomic E-state index is 13.3. The number of ether oxygens (including phenoxy) is 2. The molecule has 3 heterocycles. The summed E-state index contributed by atoms with van der Waals surface area (Å²) < 4.78 is 11.0. The molecule has 144 valence electrons. The number of aliphatic hydroxyl groups is 1. The first-order valence-corrected chi connectivity index (χ1v) is 9.20. The second-order valence-electron chi connectivity index (χ2n) is 6.78. The van der Waals surface area contributed by atoms with E-state index >= 15 is 0 Å².